The number of nitrogens with one attached hydrogen (secondary N) is 1. The zero-order chi connectivity index (χ0) is 11.1. The molecule has 4 unspecified atom stereocenters. The summed E-state index contributed by atoms with van der Waals surface area (Å²) < 4.78 is 0. The first-order valence-electron chi connectivity index (χ1n) is 6.80. The Morgan fingerprint density at radius 3 is 2.50 bits per heavy atom. The van der Waals surface area contributed by atoms with E-state index in [0.29, 0.717) is 19.0 Å². The van der Waals surface area contributed by atoms with Crippen molar-refractivity contribution in [1.29, 1.82) is 0 Å². The quantitative estimate of drug-likeness (QED) is 0.688. The lowest BCUT2D eigenvalue weighted by Crippen LogP contribution is -2.29. The summed E-state index contributed by atoms with van der Waals surface area (Å²) in [4.78, 5) is 11.7. The van der Waals surface area contributed by atoms with Gasteiger partial charge < -0.3 is 11.1 Å². The molecule has 3 N–H and O–H groups in total. The third kappa shape index (κ3) is 1.65. The standard InChI is InChI=1S/C13H22N2O/c14-6-2-1-3-10(16)15-13-11-8-4-5-9(7-8)12(11)13/h8-9,11-13H,1-7,14H2,(H,15,16). The smallest absolute Gasteiger partial charge is 0.220 e. The van der Waals surface area contributed by atoms with Crippen LogP contribution >= 0.6 is 0 Å². The molecule has 3 saturated carbocycles. The molecule has 16 heavy (non-hydrogen) atoms. The van der Waals surface area contributed by atoms with Gasteiger partial charge in [-0.1, -0.05) is 0 Å². The SMILES string of the molecule is NCCCCC(=O)NC1C2C3CCC(C3)C12. The Morgan fingerprint density at radius 2 is 1.88 bits per heavy atom. The van der Waals surface area contributed by atoms with Crippen molar-refractivity contribution in [2.45, 2.75) is 44.6 Å². The third-order valence-corrected chi connectivity index (χ3v) is 4.92. The summed E-state index contributed by atoms with van der Waals surface area (Å²) in [6.07, 6.45) is 6.88. The molecule has 0 spiro atoms. The Labute approximate surface area is 97.2 Å². The lowest BCUT2D eigenvalue weighted by molar-refractivity contribution is -0.121. The molecule has 0 saturated heterocycles. The van der Waals surface area contributed by atoms with Gasteiger partial charge in [0.1, 0.15) is 0 Å². The number of hydrogen-bond donors (Lipinski definition) is 2. The lowest BCUT2D eigenvalue weighted by atomic mass is 10.0. The molecule has 3 nitrogen and oxygen atoms in total. The van der Waals surface area contributed by atoms with Gasteiger partial charge in [0.15, 0.2) is 0 Å². The topological polar surface area (TPSA) is 55.1 Å². The zero-order valence-electron chi connectivity index (χ0n) is 9.82. The zero-order valence-corrected chi connectivity index (χ0v) is 9.82. The van der Waals surface area contributed by atoms with Crippen LogP contribution in [0, 0.1) is 23.7 Å². The largest absolute Gasteiger partial charge is 0.353 e. The molecule has 0 radical (unpaired) electrons. The van der Waals surface area contributed by atoms with E-state index in [1.54, 1.807) is 0 Å². The van der Waals surface area contributed by atoms with Gasteiger partial charge in [-0.25, -0.2) is 0 Å². The second-order valence-corrected chi connectivity index (χ2v) is 5.83. The summed E-state index contributed by atoms with van der Waals surface area (Å²) in [6.45, 7) is 0.701. The average Bonchev–Trinajstić information content (AvgIpc) is 2.70. The number of carbonyl (C=O) groups excluding carboxylic acids is 1. The first-order chi connectivity index (χ1) is 7.81. The molecule has 4 atom stereocenters. The lowest BCUT2D eigenvalue weighted by Gasteiger charge is -2.10. The van der Waals surface area contributed by atoms with Gasteiger partial charge in [0, 0.05) is 12.5 Å². The molecule has 3 aliphatic rings. The van der Waals surface area contributed by atoms with Gasteiger partial charge in [-0.05, 0) is 62.3 Å². The Hall–Kier alpha value is -0.570. The minimum Gasteiger partial charge on any atom is -0.353 e. The van der Waals surface area contributed by atoms with Crippen LogP contribution in [0.4, 0.5) is 0 Å². The van der Waals surface area contributed by atoms with Crippen LogP contribution < -0.4 is 11.1 Å². The van der Waals surface area contributed by atoms with E-state index < -0.39 is 0 Å². The van der Waals surface area contributed by atoms with E-state index in [2.05, 4.69) is 5.32 Å². The minimum atomic E-state index is 0.257. The number of rotatable bonds is 5. The van der Waals surface area contributed by atoms with Crippen LogP contribution in [-0.2, 0) is 4.79 Å². The predicted molar refractivity (Wildman–Crippen MR) is 62.6 cm³/mol. The van der Waals surface area contributed by atoms with Gasteiger partial charge in [-0.2, -0.15) is 0 Å². The van der Waals surface area contributed by atoms with Crippen molar-refractivity contribution in [3.05, 3.63) is 0 Å². The van der Waals surface area contributed by atoms with Crippen molar-refractivity contribution in [1.82, 2.24) is 5.32 Å². The van der Waals surface area contributed by atoms with Crippen LogP contribution in [0.3, 0.4) is 0 Å². The van der Waals surface area contributed by atoms with Crippen molar-refractivity contribution >= 4 is 5.91 Å². The number of nitrogens with two attached hydrogens (primary N) is 1. The molecule has 1 amide bonds. The van der Waals surface area contributed by atoms with Crippen LogP contribution in [0.25, 0.3) is 0 Å². The van der Waals surface area contributed by atoms with E-state index in [1.165, 1.54) is 19.3 Å². The van der Waals surface area contributed by atoms with Gasteiger partial charge in [0.05, 0.1) is 0 Å². The minimum absolute atomic E-state index is 0.257. The summed E-state index contributed by atoms with van der Waals surface area (Å²) >= 11 is 0. The Balaban J connectivity index is 1.43. The number of amides is 1. The first-order valence-corrected chi connectivity index (χ1v) is 6.80. The van der Waals surface area contributed by atoms with Gasteiger partial charge in [0.2, 0.25) is 5.91 Å². The molecule has 0 aromatic carbocycles. The summed E-state index contributed by atoms with van der Waals surface area (Å²) in [5.74, 6) is 3.87. The van der Waals surface area contributed by atoms with Gasteiger partial charge in [-0.15, -0.1) is 0 Å². The van der Waals surface area contributed by atoms with Crippen LogP contribution in [0.5, 0.6) is 0 Å². The second-order valence-electron chi connectivity index (χ2n) is 5.83. The number of fused-ring (bicyclic) bond motifs is 5. The Bertz CT molecular complexity index is 276. The highest BCUT2D eigenvalue weighted by Crippen LogP contribution is 2.65. The number of unbranched alkanes of at least 4 members (excludes halogenated alkanes) is 1. The van der Waals surface area contributed by atoms with Crippen LogP contribution in [0.1, 0.15) is 38.5 Å². The van der Waals surface area contributed by atoms with E-state index >= 15 is 0 Å². The van der Waals surface area contributed by atoms with E-state index in [4.69, 9.17) is 5.73 Å². The highest BCUT2D eigenvalue weighted by atomic mass is 16.1. The van der Waals surface area contributed by atoms with E-state index in [-0.39, 0.29) is 5.91 Å². The molecular weight excluding hydrogens is 200 g/mol. The second kappa shape index (κ2) is 4.02. The summed E-state index contributed by atoms with van der Waals surface area (Å²) in [7, 11) is 0. The van der Waals surface area contributed by atoms with E-state index in [0.717, 1.165) is 36.5 Å². The molecule has 3 rings (SSSR count). The molecule has 3 fully saturated rings. The summed E-state index contributed by atoms with van der Waals surface area (Å²) in [5, 5.41) is 3.24. The molecule has 0 aromatic heterocycles. The fourth-order valence-corrected chi connectivity index (χ4v) is 4.21. The normalized spacial score (nSPS) is 43.2. The van der Waals surface area contributed by atoms with Gasteiger partial charge in [0.25, 0.3) is 0 Å². The summed E-state index contributed by atoms with van der Waals surface area (Å²) in [6, 6.07) is 0.552. The molecule has 0 aliphatic heterocycles. The van der Waals surface area contributed by atoms with Crippen LogP contribution in [0.2, 0.25) is 0 Å². The Morgan fingerprint density at radius 1 is 1.19 bits per heavy atom. The molecule has 0 aromatic rings. The highest BCUT2D eigenvalue weighted by molar-refractivity contribution is 5.76. The van der Waals surface area contributed by atoms with Gasteiger partial charge in [-0.3, -0.25) is 4.79 Å². The average molecular weight is 222 g/mol. The first kappa shape index (κ1) is 10.6. The van der Waals surface area contributed by atoms with Gasteiger partial charge >= 0.3 is 0 Å². The fourth-order valence-electron chi connectivity index (χ4n) is 4.21. The van der Waals surface area contributed by atoms with Crippen molar-refractivity contribution < 1.29 is 4.79 Å². The maximum Gasteiger partial charge on any atom is 0.220 e. The molecule has 3 aliphatic carbocycles. The van der Waals surface area contributed by atoms with E-state index in [9.17, 15) is 4.79 Å². The molecular formula is C13H22N2O. The maximum atomic E-state index is 11.7. The monoisotopic (exact) mass is 222 g/mol. The predicted octanol–water partition coefficient (Wildman–Crippen LogP) is 1.28. The van der Waals surface area contributed by atoms with Crippen molar-refractivity contribution in [3.8, 4) is 0 Å². The van der Waals surface area contributed by atoms with Crippen LogP contribution in [0.15, 0.2) is 0 Å². The van der Waals surface area contributed by atoms with Crippen molar-refractivity contribution in [2.24, 2.45) is 29.4 Å². The molecule has 0 heterocycles. The number of carbonyl (C=O) groups is 1. The fraction of sp³-hybridized carbons (Fsp3) is 0.923. The third-order valence-electron chi connectivity index (χ3n) is 4.92. The molecule has 2 bridgehead atoms. The molecule has 90 valence electrons. The van der Waals surface area contributed by atoms with Crippen molar-refractivity contribution in [2.75, 3.05) is 6.54 Å². The van der Waals surface area contributed by atoms with Crippen LogP contribution in [-0.4, -0.2) is 18.5 Å². The van der Waals surface area contributed by atoms with E-state index in [1.807, 2.05) is 0 Å². The number of hydrogen-bond acceptors (Lipinski definition) is 2. The maximum absolute atomic E-state index is 11.7. The summed E-state index contributed by atoms with van der Waals surface area (Å²) in [5.41, 5.74) is 5.42. The highest BCUT2D eigenvalue weighted by Gasteiger charge is 2.65. The Kier molecular flexibility index (Phi) is 2.66. The molecule has 3 heteroatoms. The van der Waals surface area contributed by atoms with Crippen molar-refractivity contribution in [3.63, 3.8) is 0 Å².